The van der Waals surface area contributed by atoms with Crippen LogP contribution in [0.3, 0.4) is 0 Å². The standard InChI is InChI=1S/C9H8BrNOS/c10-8-2-4-9(5-3-8)13(12)7-1-6-11/h2-5H,1,7H2. The molecule has 0 saturated heterocycles. The smallest absolute Gasteiger partial charge is 0.0631 e. The van der Waals surface area contributed by atoms with Crippen LogP contribution in [-0.4, -0.2) is 9.96 Å². The van der Waals surface area contributed by atoms with Crippen LogP contribution < -0.4 is 0 Å². The van der Waals surface area contributed by atoms with Gasteiger partial charge in [0.15, 0.2) is 0 Å². The second kappa shape index (κ2) is 5.15. The fourth-order valence-electron chi connectivity index (χ4n) is 0.843. The van der Waals surface area contributed by atoms with Crippen LogP contribution in [0.5, 0.6) is 0 Å². The molecule has 1 rings (SSSR count). The lowest BCUT2D eigenvalue weighted by molar-refractivity contribution is 0.683. The van der Waals surface area contributed by atoms with Gasteiger partial charge in [-0.3, -0.25) is 4.21 Å². The molecular formula is C9H8BrNOS. The zero-order valence-corrected chi connectivity index (χ0v) is 9.27. The van der Waals surface area contributed by atoms with Gasteiger partial charge < -0.3 is 0 Å². The van der Waals surface area contributed by atoms with E-state index >= 15 is 0 Å². The number of benzene rings is 1. The largest absolute Gasteiger partial charge is 0.254 e. The molecule has 0 aromatic heterocycles. The van der Waals surface area contributed by atoms with E-state index in [-0.39, 0.29) is 0 Å². The van der Waals surface area contributed by atoms with Gasteiger partial charge in [-0.25, -0.2) is 0 Å². The minimum atomic E-state index is -1.03. The van der Waals surface area contributed by atoms with Crippen LogP contribution in [0.2, 0.25) is 0 Å². The molecule has 0 N–H and O–H groups in total. The summed E-state index contributed by atoms with van der Waals surface area (Å²) >= 11 is 3.30. The third-order valence-corrected chi connectivity index (χ3v) is 3.38. The van der Waals surface area contributed by atoms with Gasteiger partial charge in [0.1, 0.15) is 0 Å². The van der Waals surface area contributed by atoms with Crippen LogP contribution in [0.25, 0.3) is 0 Å². The summed E-state index contributed by atoms with van der Waals surface area (Å²) in [5, 5.41) is 8.31. The highest BCUT2D eigenvalue weighted by molar-refractivity contribution is 9.10. The van der Waals surface area contributed by atoms with Crippen LogP contribution >= 0.6 is 15.9 Å². The first kappa shape index (κ1) is 10.4. The van der Waals surface area contributed by atoms with Crippen molar-refractivity contribution in [3.05, 3.63) is 28.7 Å². The van der Waals surface area contributed by atoms with Crippen molar-refractivity contribution in [2.24, 2.45) is 0 Å². The van der Waals surface area contributed by atoms with Crippen molar-refractivity contribution in [2.75, 3.05) is 5.75 Å². The Labute approximate surface area is 88.2 Å². The SMILES string of the molecule is N#CCCS(=O)c1ccc(Br)cc1. The molecule has 4 heteroatoms. The molecule has 0 fully saturated rings. The molecule has 0 radical (unpaired) electrons. The van der Waals surface area contributed by atoms with E-state index in [4.69, 9.17) is 5.26 Å². The summed E-state index contributed by atoms with van der Waals surface area (Å²) in [7, 11) is -1.03. The molecule has 1 aromatic rings. The maximum atomic E-state index is 11.5. The fraction of sp³-hybridized carbons (Fsp3) is 0.222. The minimum absolute atomic E-state index is 0.336. The quantitative estimate of drug-likeness (QED) is 0.835. The van der Waals surface area contributed by atoms with E-state index in [0.29, 0.717) is 12.2 Å². The molecule has 13 heavy (non-hydrogen) atoms. The Balaban J connectivity index is 2.68. The van der Waals surface area contributed by atoms with Crippen molar-refractivity contribution < 1.29 is 4.21 Å². The zero-order chi connectivity index (χ0) is 9.68. The summed E-state index contributed by atoms with van der Waals surface area (Å²) in [5.41, 5.74) is 0. The van der Waals surface area contributed by atoms with Gasteiger partial charge in [0, 0.05) is 21.5 Å². The lowest BCUT2D eigenvalue weighted by Gasteiger charge is -1.98. The maximum Gasteiger partial charge on any atom is 0.0631 e. The third kappa shape index (κ3) is 3.29. The molecule has 0 heterocycles. The van der Waals surface area contributed by atoms with E-state index in [1.54, 1.807) is 12.1 Å². The molecule has 1 aromatic carbocycles. The van der Waals surface area contributed by atoms with Gasteiger partial charge in [-0.05, 0) is 24.3 Å². The number of hydrogen-bond acceptors (Lipinski definition) is 2. The van der Waals surface area contributed by atoms with Gasteiger partial charge in [-0.15, -0.1) is 0 Å². The van der Waals surface area contributed by atoms with E-state index in [9.17, 15) is 4.21 Å². The van der Waals surface area contributed by atoms with E-state index in [1.807, 2.05) is 18.2 Å². The summed E-state index contributed by atoms with van der Waals surface area (Å²) in [6.07, 6.45) is 0.336. The molecule has 0 saturated carbocycles. The second-order valence-corrected chi connectivity index (χ2v) is 4.90. The first-order valence-electron chi connectivity index (χ1n) is 3.75. The van der Waals surface area contributed by atoms with Crippen molar-refractivity contribution in [1.29, 1.82) is 5.26 Å². The molecule has 2 nitrogen and oxygen atoms in total. The average Bonchev–Trinajstić information content (AvgIpc) is 2.15. The highest BCUT2D eigenvalue weighted by atomic mass is 79.9. The topological polar surface area (TPSA) is 40.9 Å². The van der Waals surface area contributed by atoms with E-state index in [1.165, 1.54) is 0 Å². The molecular weight excluding hydrogens is 250 g/mol. The van der Waals surface area contributed by atoms with Crippen molar-refractivity contribution in [3.8, 4) is 6.07 Å². The molecule has 0 bridgehead atoms. The van der Waals surface area contributed by atoms with Crippen LogP contribution in [0.15, 0.2) is 33.6 Å². The predicted octanol–water partition coefficient (Wildman–Crippen LogP) is 2.47. The van der Waals surface area contributed by atoms with Crippen molar-refractivity contribution >= 4 is 26.7 Å². The van der Waals surface area contributed by atoms with Crippen LogP contribution in [-0.2, 0) is 10.8 Å². The lowest BCUT2D eigenvalue weighted by Crippen LogP contribution is -1.96. The van der Waals surface area contributed by atoms with E-state index < -0.39 is 10.8 Å². The van der Waals surface area contributed by atoms with E-state index in [0.717, 1.165) is 9.37 Å². The predicted molar refractivity (Wildman–Crippen MR) is 55.6 cm³/mol. The van der Waals surface area contributed by atoms with Crippen LogP contribution in [0.4, 0.5) is 0 Å². The molecule has 0 amide bonds. The number of rotatable bonds is 3. The van der Waals surface area contributed by atoms with Gasteiger partial charge in [0.2, 0.25) is 0 Å². The number of halogens is 1. The van der Waals surface area contributed by atoms with Crippen LogP contribution in [0, 0.1) is 11.3 Å². The monoisotopic (exact) mass is 257 g/mol. The highest BCUT2D eigenvalue weighted by Crippen LogP contribution is 2.13. The first-order valence-corrected chi connectivity index (χ1v) is 5.86. The highest BCUT2D eigenvalue weighted by Gasteiger charge is 2.01. The first-order chi connectivity index (χ1) is 6.24. The maximum absolute atomic E-state index is 11.5. The van der Waals surface area contributed by atoms with E-state index in [2.05, 4.69) is 15.9 Å². The van der Waals surface area contributed by atoms with Crippen molar-refractivity contribution in [3.63, 3.8) is 0 Å². The molecule has 0 aliphatic carbocycles. The molecule has 0 aliphatic heterocycles. The molecule has 68 valence electrons. The molecule has 0 spiro atoms. The Morgan fingerprint density at radius 1 is 1.38 bits per heavy atom. The fourth-order valence-corrected chi connectivity index (χ4v) is 2.06. The summed E-state index contributed by atoms with van der Waals surface area (Å²) in [6, 6.07) is 9.28. The van der Waals surface area contributed by atoms with Gasteiger partial charge in [-0.1, -0.05) is 15.9 Å². The van der Waals surface area contributed by atoms with Gasteiger partial charge in [0.05, 0.1) is 16.9 Å². The van der Waals surface area contributed by atoms with Gasteiger partial charge in [-0.2, -0.15) is 5.26 Å². The van der Waals surface area contributed by atoms with Gasteiger partial charge >= 0.3 is 0 Å². The summed E-state index contributed by atoms with van der Waals surface area (Å²) in [4.78, 5) is 0.776. The Kier molecular flexibility index (Phi) is 4.13. The lowest BCUT2D eigenvalue weighted by atomic mass is 10.4. The Bertz CT molecular complexity index is 342. The Morgan fingerprint density at radius 2 is 2.00 bits per heavy atom. The number of nitriles is 1. The van der Waals surface area contributed by atoms with Gasteiger partial charge in [0.25, 0.3) is 0 Å². The summed E-state index contributed by atoms with van der Waals surface area (Å²) in [5.74, 6) is 0.415. The molecule has 1 unspecified atom stereocenters. The minimum Gasteiger partial charge on any atom is -0.254 e. The third-order valence-electron chi connectivity index (χ3n) is 1.48. The summed E-state index contributed by atoms with van der Waals surface area (Å²) < 4.78 is 12.4. The Morgan fingerprint density at radius 3 is 2.54 bits per heavy atom. The van der Waals surface area contributed by atoms with Crippen molar-refractivity contribution in [1.82, 2.24) is 0 Å². The number of hydrogen-bond donors (Lipinski definition) is 0. The normalized spacial score (nSPS) is 12.0. The van der Waals surface area contributed by atoms with Crippen molar-refractivity contribution in [2.45, 2.75) is 11.3 Å². The molecule has 1 atom stereocenters. The summed E-state index contributed by atoms with van der Waals surface area (Å²) in [6.45, 7) is 0. The zero-order valence-electron chi connectivity index (χ0n) is 6.87. The average molecular weight is 258 g/mol. The van der Waals surface area contributed by atoms with Crippen LogP contribution in [0.1, 0.15) is 6.42 Å². The molecule has 0 aliphatic rings. The second-order valence-electron chi connectivity index (χ2n) is 2.41. The number of nitrogens with zero attached hydrogens (tertiary/aromatic N) is 1. The Hall–Kier alpha value is -0.660.